The summed E-state index contributed by atoms with van der Waals surface area (Å²) in [6, 6.07) is 20.6. The number of anilines is 1. The van der Waals surface area contributed by atoms with E-state index >= 15 is 0 Å². The molecule has 32 heavy (non-hydrogen) atoms. The van der Waals surface area contributed by atoms with Crippen molar-refractivity contribution in [2.24, 2.45) is 0 Å². The van der Waals surface area contributed by atoms with Crippen molar-refractivity contribution in [2.45, 2.75) is 18.7 Å². The van der Waals surface area contributed by atoms with Crippen LogP contribution in [0, 0.1) is 0 Å². The Morgan fingerprint density at radius 3 is 2.12 bits per heavy atom. The third kappa shape index (κ3) is 5.26. The van der Waals surface area contributed by atoms with Crippen molar-refractivity contribution in [2.75, 3.05) is 18.5 Å². The van der Waals surface area contributed by atoms with Gasteiger partial charge in [-0.3, -0.25) is 4.79 Å². The van der Waals surface area contributed by atoms with Gasteiger partial charge in [-0.2, -0.15) is 0 Å². The van der Waals surface area contributed by atoms with Crippen LogP contribution in [-0.2, 0) is 9.67 Å². The second-order valence-electron chi connectivity index (χ2n) is 7.96. The Morgan fingerprint density at radius 1 is 0.906 bits per heavy atom. The van der Waals surface area contributed by atoms with Gasteiger partial charge < -0.3 is 14.8 Å². The van der Waals surface area contributed by atoms with Gasteiger partial charge in [-0.15, -0.1) is 11.6 Å². The predicted molar refractivity (Wildman–Crippen MR) is 130 cm³/mol. The van der Waals surface area contributed by atoms with Crippen LogP contribution in [0.5, 0.6) is 11.5 Å². The molecule has 0 bridgehead atoms. The molecule has 0 radical (unpaired) electrons. The lowest BCUT2D eigenvalue weighted by Gasteiger charge is -2.19. The van der Waals surface area contributed by atoms with Gasteiger partial charge in [-0.1, -0.05) is 48.0 Å². The average Bonchev–Trinajstić information content (AvgIpc) is 2.78. The first-order valence-corrected chi connectivity index (χ1v) is 11.0. The summed E-state index contributed by atoms with van der Waals surface area (Å²) < 4.78 is 11.1. The van der Waals surface area contributed by atoms with Gasteiger partial charge in [0.2, 0.25) is 5.91 Å². The predicted octanol–water partition coefficient (Wildman–Crippen LogP) is 6.66. The number of nitrogens with one attached hydrogen (secondary N) is 1. The van der Waals surface area contributed by atoms with E-state index in [1.807, 2.05) is 50.2 Å². The molecule has 3 aromatic carbocycles. The molecule has 1 N–H and O–H groups in total. The first kappa shape index (κ1) is 22.3. The molecule has 0 unspecified atom stereocenters. The van der Waals surface area contributed by atoms with E-state index in [2.05, 4.69) is 5.32 Å². The van der Waals surface area contributed by atoms with Crippen molar-refractivity contribution in [3.8, 4) is 11.5 Å². The van der Waals surface area contributed by atoms with Gasteiger partial charge in [-0.25, -0.2) is 0 Å². The third-order valence-corrected chi connectivity index (χ3v) is 5.59. The maximum absolute atomic E-state index is 12.9. The first-order chi connectivity index (χ1) is 15.3. The van der Waals surface area contributed by atoms with Gasteiger partial charge in [-0.05, 0) is 60.4 Å². The smallest absolute Gasteiger partial charge is 0.249 e. The summed E-state index contributed by atoms with van der Waals surface area (Å²) in [7, 11) is 0. The Morgan fingerprint density at radius 2 is 1.50 bits per heavy atom. The third-order valence-electron chi connectivity index (χ3n) is 5.12. The molecule has 1 aliphatic heterocycles. The molecule has 1 heterocycles. The molecule has 0 atom stereocenters. The Labute approximate surface area is 197 Å². The molecule has 0 spiro atoms. The minimum Gasteiger partial charge on any atom is -0.486 e. The van der Waals surface area contributed by atoms with E-state index in [1.165, 1.54) is 0 Å². The van der Waals surface area contributed by atoms with Crippen LogP contribution in [0.1, 0.15) is 30.5 Å². The highest BCUT2D eigenvalue weighted by atomic mass is 35.5. The zero-order valence-electron chi connectivity index (χ0n) is 17.8. The van der Waals surface area contributed by atoms with E-state index in [9.17, 15) is 4.79 Å². The Hall–Kier alpha value is -2.95. The summed E-state index contributed by atoms with van der Waals surface area (Å²) in [4.78, 5) is 12.5. The highest BCUT2D eigenvalue weighted by Gasteiger charge is 2.17. The Bertz CT molecular complexity index is 1150. The fraction of sp³-hybridized carbons (Fsp3) is 0.192. The molecule has 0 aliphatic carbocycles. The van der Waals surface area contributed by atoms with Crippen molar-refractivity contribution in [1.29, 1.82) is 0 Å². The van der Waals surface area contributed by atoms with Crippen LogP contribution in [0.15, 0.2) is 72.8 Å². The fourth-order valence-electron chi connectivity index (χ4n) is 3.44. The van der Waals surface area contributed by atoms with Crippen LogP contribution in [0.2, 0.25) is 5.02 Å². The van der Waals surface area contributed by atoms with Crippen LogP contribution < -0.4 is 14.8 Å². The highest BCUT2D eigenvalue weighted by Crippen LogP contribution is 2.33. The van der Waals surface area contributed by atoms with Crippen LogP contribution in [0.4, 0.5) is 5.69 Å². The zero-order chi connectivity index (χ0) is 22.7. The van der Waals surface area contributed by atoms with E-state index in [-0.39, 0.29) is 5.91 Å². The molecular formula is C26H23Cl2NO3. The zero-order valence-corrected chi connectivity index (χ0v) is 19.3. The number of benzene rings is 3. The molecule has 0 aromatic heterocycles. The molecule has 0 saturated heterocycles. The minimum absolute atomic E-state index is 0.256. The van der Waals surface area contributed by atoms with Crippen molar-refractivity contribution < 1.29 is 14.3 Å². The second kappa shape index (κ2) is 9.27. The number of alkyl halides is 1. The fourth-order valence-corrected chi connectivity index (χ4v) is 3.69. The van der Waals surface area contributed by atoms with Crippen molar-refractivity contribution >= 4 is 40.4 Å². The molecule has 4 nitrogen and oxygen atoms in total. The molecule has 164 valence electrons. The summed E-state index contributed by atoms with van der Waals surface area (Å²) in [5.74, 6) is 1.04. The number of fused-ring (bicyclic) bond motifs is 1. The molecule has 0 saturated carbocycles. The molecule has 6 heteroatoms. The quantitative estimate of drug-likeness (QED) is 0.337. The van der Waals surface area contributed by atoms with Gasteiger partial charge in [0.05, 0.1) is 4.87 Å². The van der Waals surface area contributed by atoms with E-state index in [0.29, 0.717) is 35.4 Å². The lowest BCUT2D eigenvalue weighted by atomic mass is 9.94. The first-order valence-electron chi connectivity index (χ1n) is 10.3. The summed E-state index contributed by atoms with van der Waals surface area (Å²) in [6.45, 7) is 4.90. The second-order valence-corrected chi connectivity index (χ2v) is 9.34. The number of halogens is 2. The number of amides is 1. The maximum atomic E-state index is 12.9. The van der Waals surface area contributed by atoms with Crippen LogP contribution in [0.3, 0.4) is 0 Å². The van der Waals surface area contributed by atoms with Gasteiger partial charge >= 0.3 is 0 Å². The monoisotopic (exact) mass is 467 g/mol. The van der Waals surface area contributed by atoms with Gasteiger partial charge in [0.1, 0.15) is 13.2 Å². The van der Waals surface area contributed by atoms with E-state index in [0.717, 1.165) is 22.3 Å². The van der Waals surface area contributed by atoms with E-state index < -0.39 is 4.87 Å². The van der Waals surface area contributed by atoms with Gasteiger partial charge in [0.15, 0.2) is 11.5 Å². The number of hydrogen-bond donors (Lipinski definition) is 1. The molecular weight excluding hydrogens is 445 g/mol. The largest absolute Gasteiger partial charge is 0.486 e. The average molecular weight is 468 g/mol. The molecule has 3 aromatic rings. The topological polar surface area (TPSA) is 47.6 Å². The van der Waals surface area contributed by atoms with E-state index in [4.69, 9.17) is 32.7 Å². The van der Waals surface area contributed by atoms with E-state index in [1.54, 1.807) is 36.4 Å². The number of carbonyl (C=O) groups is 1. The van der Waals surface area contributed by atoms with Crippen molar-refractivity contribution in [1.82, 2.24) is 0 Å². The number of carbonyl (C=O) groups excluding carboxylic acids is 1. The SMILES string of the molecule is CC(C)(Cl)c1ccc(/C(=C/C(=O)Nc2ccc3c(c2)OCCO3)c2ccc(Cl)cc2)cc1. The molecule has 1 aliphatic rings. The minimum atomic E-state index is -0.474. The number of rotatable bonds is 5. The van der Waals surface area contributed by atoms with Crippen molar-refractivity contribution in [3.05, 3.63) is 94.5 Å². The summed E-state index contributed by atoms with van der Waals surface area (Å²) in [5, 5.41) is 3.54. The number of ether oxygens (including phenoxy) is 2. The van der Waals surface area contributed by atoms with Gasteiger partial charge in [0.25, 0.3) is 0 Å². The van der Waals surface area contributed by atoms with Gasteiger partial charge in [0, 0.05) is 22.9 Å². The summed E-state index contributed by atoms with van der Waals surface area (Å²) in [5.41, 5.74) is 4.18. The number of hydrogen-bond acceptors (Lipinski definition) is 3. The summed E-state index contributed by atoms with van der Waals surface area (Å²) >= 11 is 12.5. The van der Waals surface area contributed by atoms with Crippen LogP contribution >= 0.6 is 23.2 Å². The molecule has 0 fully saturated rings. The standard InChI is InChI=1S/C26H23Cl2NO3/c1-26(2,28)19-7-3-17(4-8-19)22(18-5-9-20(27)10-6-18)16-25(30)29-21-11-12-23-24(15-21)32-14-13-31-23/h3-12,15-16H,13-14H2,1-2H3,(H,29,30)/b22-16-. The van der Waals surface area contributed by atoms with Crippen LogP contribution in [0.25, 0.3) is 5.57 Å². The molecule has 4 rings (SSSR count). The van der Waals surface area contributed by atoms with Crippen LogP contribution in [-0.4, -0.2) is 19.1 Å². The molecule has 1 amide bonds. The lowest BCUT2D eigenvalue weighted by Crippen LogP contribution is -2.16. The Kier molecular flexibility index (Phi) is 6.45. The lowest BCUT2D eigenvalue weighted by molar-refractivity contribution is -0.111. The van der Waals surface area contributed by atoms with Crippen molar-refractivity contribution in [3.63, 3.8) is 0 Å². The normalized spacial score (nSPS) is 13.6. The maximum Gasteiger partial charge on any atom is 0.249 e. The summed E-state index contributed by atoms with van der Waals surface area (Å²) in [6.07, 6.45) is 1.58. The highest BCUT2D eigenvalue weighted by molar-refractivity contribution is 6.30. The Balaban J connectivity index is 1.64.